The highest BCUT2D eigenvalue weighted by Gasteiger charge is 2.30. The highest BCUT2D eigenvalue weighted by Crippen LogP contribution is 2.40. The van der Waals surface area contributed by atoms with Crippen LogP contribution in [0, 0.1) is 5.92 Å². The molecule has 2 N–H and O–H groups in total. The van der Waals surface area contributed by atoms with Crippen molar-refractivity contribution in [1.29, 1.82) is 0 Å². The molecule has 2 unspecified atom stereocenters. The minimum absolute atomic E-state index is 0.242. The Morgan fingerprint density at radius 1 is 1.13 bits per heavy atom. The van der Waals surface area contributed by atoms with Gasteiger partial charge in [0.25, 0.3) is 5.91 Å². The fourth-order valence-corrected chi connectivity index (χ4v) is 6.10. The molecule has 1 aliphatic carbocycles. The van der Waals surface area contributed by atoms with Gasteiger partial charge in [0.2, 0.25) is 0 Å². The Bertz CT molecular complexity index is 1490. The molecule has 8 nitrogen and oxygen atoms in total. The summed E-state index contributed by atoms with van der Waals surface area (Å²) in [4.78, 5) is 47.9. The molecule has 38 heavy (non-hydrogen) atoms. The minimum atomic E-state index is -1.10. The van der Waals surface area contributed by atoms with Crippen LogP contribution in [0.25, 0.3) is 22.4 Å². The van der Waals surface area contributed by atoms with Crippen LogP contribution in [0.2, 0.25) is 0 Å². The number of carbonyl (C=O) groups is 3. The predicted octanol–water partition coefficient (Wildman–Crippen LogP) is 5.78. The van der Waals surface area contributed by atoms with E-state index in [1.54, 1.807) is 25.1 Å². The normalized spacial score (nSPS) is 15.5. The molecule has 0 radical (unpaired) electrons. The number of anilines is 1. The molecule has 5 rings (SSSR count). The first kappa shape index (κ1) is 25.7. The molecule has 9 heteroatoms. The van der Waals surface area contributed by atoms with Gasteiger partial charge in [-0.3, -0.25) is 4.79 Å². The summed E-state index contributed by atoms with van der Waals surface area (Å²) in [5.74, 6) is -0.565. The molecule has 2 aromatic carbocycles. The molecule has 0 bridgehead atoms. The molecule has 0 saturated heterocycles. The number of imidazole rings is 1. The van der Waals surface area contributed by atoms with Crippen molar-refractivity contribution < 1.29 is 23.9 Å². The summed E-state index contributed by atoms with van der Waals surface area (Å²) in [7, 11) is 0. The van der Waals surface area contributed by atoms with Gasteiger partial charge in [0.15, 0.2) is 6.10 Å². The number of aromatic nitrogens is 2. The third-order valence-corrected chi connectivity index (χ3v) is 7.84. The van der Waals surface area contributed by atoms with Gasteiger partial charge in [-0.25, -0.2) is 14.6 Å². The minimum Gasteiger partial charge on any atom is -0.462 e. The smallest absolute Gasteiger partial charge is 0.341 e. The lowest BCUT2D eigenvalue weighted by Crippen LogP contribution is -2.30. The number of rotatable bonds is 7. The van der Waals surface area contributed by atoms with Gasteiger partial charge in [0.1, 0.15) is 10.8 Å². The monoisotopic (exact) mass is 531 g/mol. The second-order valence-electron chi connectivity index (χ2n) is 9.46. The van der Waals surface area contributed by atoms with Crippen LogP contribution in [0.1, 0.15) is 58.3 Å². The van der Waals surface area contributed by atoms with E-state index in [2.05, 4.69) is 22.2 Å². The molecule has 196 valence electrons. The molecule has 0 saturated carbocycles. The number of aromatic amines is 1. The Balaban J connectivity index is 1.35. The summed E-state index contributed by atoms with van der Waals surface area (Å²) in [5, 5.41) is 3.27. The summed E-state index contributed by atoms with van der Waals surface area (Å²) in [5.41, 5.74) is 3.87. The molecule has 2 atom stereocenters. The van der Waals surface area contributed by atoms with Gasteiger partial charge in [0, 0.05) is 10.4 Å². The number of carbonyl (C=O) groups excluding carboxylic acids is 3. The number of hydrogen-bond donors (Lipinski definition) is 2. The zero-order chi connectivity index (χ0) is 26.8. The molecular formula is C29H29N3O5S. The number of para-hydroxylation sites is 2. The van der Waals surface area contributed by atoms with E-state index in [9.17, 15) is 14.4 Å². The largest absolute Gasteiger partial charge is 0.462 e. The topological polar surface area (TPSA) is 110 Å². The Hall–Kier alpha value is -3.98. The maximum absolute atomic E-state index is 13.2. The SMILES string of the molecule is CCOC(=O)c1c(NC(=O)C(C)OC(=O)c2ccccc2-c2nc3ccccc3[nH]2)sc2c1CCC(C)C2. The van der Waals surface area contributed by atoms with E-state index in [0.29, 0.717) is 33.4 Å². The van der Waals surface area contributed by atoms with Gasteiger partial charge in [0.05, 0.1) is 28.8 Å². The van der Waals surface area contributed by atoms with Crippen LogP contribution in [0.3, 0.4) is 0 Å². The Kier molecular flexibility index (Phi) is 7.28. The van der Waals surface area contributed by atoms with Crippen molar-refractivity contribution in [2.45, 2.75) is 46.1 Å². The van der Waals surface area contributed by atoms with Crippen LogP contribution < -0.4 is 5.32 Å². The third kappa shape index (κ3) is 5.06. The molecule has 0 spiro atoms. The van der Waals surface area contributed by atoms with E-state index in [4.69, 9.17) is 9.47 Å². The first-order valence-corrected chi connectivity index (χ1v) is 13.5. The van der Waals surface area contributed by atoms with Crippen molar-refractivity contribution in [3.63, 3.8) is 0 Å². The second kappa shape index (κ2) is 10.8. The van der Waals surface area contributed by atoms with Gasteiger partial charge in [-0.15, -0.1) is 11.3 Å². The summed E-state index contributed by atoms with van der Waals surface area (Å²) >= 11 is 1.40. The molecule has 2 heterocycles. The van der Waals surface area contributed by atoms with Gasteiger partial charge >= 0.3 is 11.9 Å². The van der Waals surface area contributed by atoms with Crippen molar-refractivity contribution in [3.05, 3.63) is 70.1 Å². The fraction of sp³-hybridized carbons (Fsp3) is 0.310. The van der Waals surface area contributed by atoms with E-state index in [0.717, 1.165) is 40.7 Å². The zero-order valence-corrected chi connectivity index (χ0v) is 22.3. The van der Waals surface area contributed by atoms with Crippen molar-refractivity contribution in [2.24, 2.45) is 5.92 Å². The van der Waals surface area contributed by atoms with Gasteiger partial charge < -0.3 is 19.8 Å². The number of benzene rings is 2. The lowest BCUT2D eigenvalue weighted by atomic mass is 9.88. The number of hydrogen-bond acceptors (Lipinski definition) is 7. The first-order chi connectivity index (χ1) is 18.4. The van der Waals surface area contributed by atoms with Gasteiger partial charge in [-0.1, -0.05) is 37.3 Å². The highest BCUT2D eigenvalue weighted by atomic mass is 32.1. The molecule has 1 aliphatic rings. The van der Waals surface area contributed by atoms with Crippen LogP contribution in [-0.2, 0) is 27.1 Å². The number of fused-ring (bicyclic) bond motifs is 2. The van der Waals surface area contributed by atoms with Gasteiger partial charge in [-0.2, -0.15) is 0 Å². The van der Waals surface area contributed by atoms with E-state index in [-0.39, 0.29) is 6.61 Å². The molecule has 0 fully saturated rings. The van der Waals surface area contributed by atoms with Crippen molar-refractivity contribution in [1.82, 2.24) is 9.97 Å². The highest BCUT2D eigenvalue weighted by molar-refractivity contribution is 7.17. The maximum atomic E-state index is 13.2. The zero-order valence-electron chi connectivity index (χ0n) is 21.5. The molecule has 4 aromatic rings. The Morgan fingerprint density at radius 2 is 1.89 bits per heavy atom. The molecule has 2 aromatic heterocycles. The average molecular weight is 532 g/mol. The molecular weight excluding hydrogens is 502 g/mol. The predicted molar refractivity (Wildman–Crippen MR) is 147 cm³/mol. The lowest BCUT2D eigenvalue weighted by Gasteiger charge is -2.18. The van der Waals surface area contributed by atoms with Gasteiger partial charge in [-0.05, 0) is 62.8 Å². The third-order valence-electron chi connectivity index (χ3n) is 6.67. The Morgan fingerprint density at radius 3 is 2.68 bits per heavy atom. The number of nitrogens with one attached hydrogen (secondary N) is 2. The van der Waals surface area contributed by atoms with Crippen LogP contribution in [0.4, 0.5) is 5.00 Å². The second-order valence-corrected chi connectivity index (χ2v) is 10.6. The number of esters is 2. The number of H-pyrrole nitrogens is 1. The first-order valence-electron chi connectivity index (χ1n) is 12.7. The van der Waals surface area contributed by atoms with Crippen molar-refractivity contribution in [3.8, 4) is 11.4 Å². The number of amides is 1. The number of nitrogens with zero attached hydrogens (tertiary/aromatic N) is 1. The quantitative estimate of drug-likeness (QED) is 0.293. The molecule has 0 aliphatic heterocycles. The van der Waals surface area contributed by atoms with Crippen LogP contribution >= 0.6 is 11.3 Å². The average Bonchev–Trinajstić information content (AvgIpc) is 3.49. The molecule has 1 amide bonds. The number of thiophene rings is 1. The Labute approximate surface area is 224 Å². The number of ether oxygens (including phenoxy) is 2. The fourth-order valence-electron chi connectivity index (χ4n) is 4.70. The van der Waals surface area contributed by atoms with Crippen LogP contribution in [0.15, 0.2) is 48.5 Å². The van der Waals surface area contributed by atoms with E-state index >= 15 is 0 Å². The van der Waals surface area contributed by atoms with E-state index in [1.807, 2.05) is 30.3 Å². The summed E-state index contributed by atoms with van der Waals surface area (Å²) in [6.07, 6.45) is 1.49. The summed E-state index contributed by atoms with van der Waals surface area (Å²) < 4.78 is 10.9. The van der Waals surface area contributed by atoms with Crippen LogP contribution in [0.5, 0.6) is 0 Å². The van der Waals surface area contributed by atoms with E-state index < -0.39 is 23.9 Å². The maximum Gasteiger partial charge on any atom is 0.341 e. The van der Waals surface area contributed by atoms with Crippen molar-refractivity contribution in [2.75, 3.05) is 11.9 Å². The standard InChI is InChI=1S/C29H29N3O5S/c1-4-36-29(35)24-20-14-13-16(2)15-23(20)38-27(24)32-26(33)17(3)37-28(34)19-10-6-5-9-18(19)25-30-21-11-7-8-12-22(21)31-25/h5-12,16-17H,4,13-15H2,1-3H3,(H,30,31)(H,32,33). The summed E-state index contributed by atoms with van der Waals surface area (Å²) in [6, 6.07) is 14.6. The lowest BCUT2D eigenvalue weighted by molar-refractivity contribution is -0.123. The van der Waals surface area contributed by atoms with Crippen LogP contribution in [-0.4, -0.2) is 40.5 Å². The van der Waals surface area contributed by atoms with Crippen molar-refractivity contribution >= 4 is 45.2 Å². The van der Waals surface area contributed by atoms with E-state index in [1.165, 1.54) is 18.3 Å². The summed E-state index contributed by atoms with van der Waals surface area (Å²) in [6.45, 7) is 5.68.